The molecule has 0 aliphatic heterocycles. The van der Waals surface area contributed by atoms with Crippen molar-refractivity contribution in [1.29, 1.82) is 5.26 Å². The maximum atomic E-state index is 13.3. The minimum absolute atomic E-state index is 0.290. The first-order chi connectivity index (χ1) is 10.1. The summed E-state index contributed by atoms with van der Waals surface area (Å²) in [4.78, 5) is 4.29. The standard InChI is InChI=1S/C15H11FN4O/c1-9-3-4-11(16)6-12(9)14-18-15(21-19-14)13-5-10(7-17)8-20(13)2/h3-6,8H,1-2H3. The second-order valence-electron chi connectivity index (χ2n) is 4.72. The zero-order chi connectivity index (χ0) is 15.0. The van der Waals surface area contributed by atoms with Crippen molar-refractivity contribution >= 4 is 0 Å². The van der Waals surface area contributed by atoms with Crippen molar-refractivity contribution in [2.24, 2.45) is 7.05 Å². The van der Waals surface area contributed by atoms with Crippen LogP contribution in [-0.2, 0) is 7.05 Å². The highest BCUT2D eigenvalue weighted by Crippen LogP contribution is 2.25. The minimum atomic E-state index is -0.354. The Kier molecular flexibility index (Phi) is 3.03. The summed E-state index contributed by atoms with van der Waals surface area (Å²) >= 11 is 0. The van der Waals surface area contributed by atoms with Gasteiger partial charge >= 0.3 is 0 Å². The summed E-state index contributed by atoms with van der Waals surface area (Å²) < 4.78 is 20.3. The number of aromatic nitrogens is 3. The van der Waals surface area contributed by atoms with Gasteiger partial charge in [0.25, 0.3) is 5.89 Å². The van der Waals surface area contributed by atoms with Gasteiger partial charge in [-0.15, -0.1) is 0 Å². The van der Waals surface area contributed by atoms with Gasteiger partial charge in [0.1, 0.15) is 17.6 Å². The molecule has 0 aliphatic carbocycles. The van der Waals surface area contributed by atoms with E-state index in [4.69, 9.17) is 9.78 Å². The molecule has 0 saturated carbocycles. The lowest BCUT2D eigenvalue weighted by molar-refractivity contribution is 0.429. The molecule has 0 amide bonds. The van der Waals surface area contributed by atoms with Crippen LogP contribution in [0, 0.1) is 24.1 Å². The number of nitrogens with zero attached hydrogens (tertiary/aromatic N) is 4. The third-order valence-electron chi connectivity index (χ3n) is 3.22. The number of benzene rings is 1. The smallest absolute Gasteiger partial charge is 0.274 e. The first kappa shape index (κ1) is 13.1. The molecule has 0 atom stereocenters. The lowest BCUT2D eigenvalue weighted by Crippen LogP contribution is -1.90. The van der Waals surface area contributed by atoms with E-state index >= 15 is 0 Å². The Morgan fingerprint density at radius 1 is 1.33 bits per heavy atom. The van der Waals surface area contributed by atoms with Gasteiger partial charge in [0, 0.05) is 18.8 Å². The summed E-state index contributed by atoms with van der Waals surface area (Å²) in [6.45, 7) is 1.85. The van der Waals surface area contributed by atoms with Crippen molar-refractivity contribution in [3.05, 3.63) is 47.4 Å². The van der Waals surface area contributed by atoms with E-state index in [-0.39, 0.29) is 11.7 Å². The molecular weight excluding hydrogens is 271 g/mol. The molecule has 3 rings (SSSR count). The zero-order valence-electron chi connectivity index (χ0n) is 11.5. The van der Waals surface area contributed by atoms with Crippen molar-refractivity contribution in [1.82, 2.24) is 14.7 Å². The largest absolute Gasteiger partial charge is 0.345 e. The van der Waals surface area contributed by atoms with E-state index in [1.807, 2.05) is 6.92 Å². The summed E-state index contributed by atoms with van der Waals surface area (Å²) in [6.07, 6.45) is 1.67. The molecule has 5 nitrogen and oxygen atoms in total. The van der Waals surface area contributed by atoms with Crippen LogP contribution in [0.2, 0.25) is 0 Å². The Morgan fingerprint density at radius 3 is 2.86 bits per heavy atom. The summed E-state index contributed by atoms with van der Waals surface area (Å²) in [5.74, 6) is 0.256. The van der Waals surface area contributed by atoms with Gasteiger partial charge in [-0.2, -0.15) is 10.2 Å². The lowest BCUT2D eigenvalue weighted by Gasteiger charge is -1.99. The highest BCUT2D eigenvalue weighted by molar-refractivity contribution is 5.62. The van der Waals surface area contributed by atoms with Crippen LogP contribution in [0.15, 0.2) is 35.0 Å². The van der Waals surface area contributed by atoms with Crippen LogP contribution >= 0.6 is 0 Å². The van der Waals surface area contributed by atoms with Crippen LogP contribution in [-0.4, -0.2) is 14.7 Å². The summed E-state index contributed by atoms with van der Waals surface area (Å²) in [6, 6.07) is 8.13. The number of halogens is 1. The number of hydrogen-bond acceptors (Lipinski definition) is 4. The highest BCUT2D eigenvalue weighted by atomic mass is 19.1. The zero-order valence-corrected chi connectivity index (χ0v) is 11.5. The van der Waals surface area contributed by atoms with Gasteiger partial charge in [-0.05, 0) is 30.7 Å². The van der Waals surface area contributed by atoms with Crippen molar-refractivity contribution in [2.45, 2.75) is 6.92 Å². The topological polar surface area (TPSA) is 67.6 Å². The average molecular weight is 282 g/mol. The summed E-state index contributed by atoms with van der Waals surface area (Å²) in [5, 5.41) is 12.8. The van der Waals surface area contributed by atoms with Gasteiger partial charge in [-0.1, -0.05) is 11.2 Å². The Hall–Kier alpha value is -2.94. The first-order valence-electron chi connectivity index (χ1n) is 6.25. The predicted octanol–water partition coefficient (Wildman–Crippen LogP) is 3.06. The molecule has 0 unspecified atom stereocenters. The maximum Gasteiger partial charge on any atom is 0.274 e. The Labute approximate surface area is 120 Å². The van der Waals surface area contributed by atoms with Gasteiger partial charge in [-0.25, -0.2) is 4.39 Å². The second kappa shape index (κ2) is 4.87. The fraction of sp³-hybridized carbons (Fsp3) is 0.133. The molecule has 2 aromatic heterocycles. The number of rotatable bonds is 2. The number of hydrogen-bond donors (Lipinski definition) is 0. The molecule has 21 heavy (non-hydrogen) atoms. The van der Waals surface area contributed by atoms with Gasteiger partial charge in [-0.3, -0.25) is 0 Å². The monoisotopic (exact) mass is 282 g/mol. The second-order valence-corrected chi connectivity index (χ2v) is 4.72. The summed E-state index contributed by atoms with van der Waals surface area (Å²) in [5.41, 5.74) is 2.58. The minimum Gasteiger partial charge on any atom is -0.345 e. The Morgan fingerprint density at radius 2 is 2.14 bits per heavy atom. The van der Waals surface area contributed by atoms with Gasteiger partial charge in [0.2, 0.25) is 5.82 Å². The molecule has 0 saturated heterocycles. The van der Waals surface area contributed by atoms with E-state index < -0.39 is 0 Å². The van der Waals surface area contributed by atoms with E-state index in [0.717, 1.165) is 5.56 Å². The van der Waals surface area contributed by atoms with Gasteiger partial charge < -0.3 is 9.09 Å². The number of aryl methyl sites for hydroxylation is 2. The van der Waals surface area contributed by atoms with Crippen molar-refractivity contribution in [3.63, 3.8) is 0 Å². The van der Waals surface area contributed by atoms with Crippen molar-refractivity contribution in [3.8, 4) is 29.0 Å². The summed E-state index contributed by atoms with van der Waals surface area (Å²) in [7, 11) is 1.79. The van der Waals surface area contributed by atoms with Crippen molar-refractivity contribution in [2.75, 3.05) is 0 Å². The van der Waals surface area contributed by atoms with Gasteiger partial charge in [0.15, 0.2) is 0 Å². The highest BCUT2D eigenvalue weighted by Gasteiger charge is 2.16. The maximum absolute atomic E-state index is 13.3. The fourth-order valence-electron chi connectivity index (χ4n) is 2.11. The van der Waals surface area contributed by atoms with Crippen LogP contribution in [0.3, 0.4) is 0 Å². The predicted molar refractivity (Wildman–Crippen MR) is 73.6 cm³/mol. The Balaban J connectivity index is 2.06. The SMILES string of the molecule is Cc1ccc(F)cc1-c1noc(-c2cc(C#N)cn2C)n1. The molecule has 0 N–H and O–H groups in total. The molecular formula is C15H11FN4O. The Bertz CT molecular complexity index is 857. The first-order valence-corrected chi connectivity index (χ1v) is 6.25. The molecule has 0 bridgehead atoms. The van der Waals surface area contributed by atoms with Crippen LogP contribution in [0.5, 0.6) is 0 Å². The number of nitriles is 1. The molecule has 0 radical (unpaired) electrons. The van der Waals surface area contributed by atoms with E-state index in [1.165, 1.54) is 12.1 Å². The molecule has 1 aromatic carbocycles. The van der Waals surface area contributed by atoms with E-state index in [1.54, 1.807) is 29.9 Å². The van der Waals surface area contributed by atoms with Crippen LogP contribution in [0.4, 0.5) is 4.39 Å². The van der Waals surface area contributed by atoms with Crippen LogP contribution in [0.1, 0.15) is 11.1 Å². The van der Waals surface area contributed by atoms with Crippen LogP contribution < -0.4 is 0 Å². The van der Waals surface area contributed by atoms with E-state index in [2.05, 4.69) is 16.2 Å². The molecule has 0 aliphatic rings. The third kappa shape index (κ3) is 2.30. The third-order valence-corrected chi connectivity index (χ3v) is 3.22. The van der Waals surface area contributed by atoms with Crippen molar-refractivity contribution < 1.29 is 8.91 Å². The fourth-order valence-corrected chi connectivity index (χ4v) is 2.11. The lowest BCUT2D eigenvalue weighted by atomic mass is 10.1. The molecule has 2 heterocycles. The normalized spacial score (nSPS) is 10.6. The average Bonchev–Trinajstić information content (AvgIpc) is 3.07. The van der Waals surface area contributed by atoms with Gasteiger partial charge in [0.05, 0.1) is 5.56 Å². The van der Waals surface area contributed by atoms with Crippen LogP contribution in [0.25, 0.3) is 23.0 Å². The molecule has 6 heteroatoms. The quantitative estimate of drug-likeness (QED) is 0.724. The molecule has 0 spiro atoms. The van der Waals surface area contributed by atoms with E-state index in [0.29, 0.717) is 22.6 Å². The molecule has 0 fully saturated rings. The molecule has 3 aromatic rings. The van der Waals surface area contributed by atoms with E-state index in [9.17, 15) is 4.39 Å². The molecule has 104 valence electrons.